The molecule has 0 spiro atoms. The summed E-state index contributed by atoms with van der Waals surface area (Å²) in [6.45, 7) is 2.00. The number of aromatic nitrogens is 2. The lowest BCUT2D eigenvalue weighted by molar-refractivity contribution is -0.113. The van der Waals surface area contributed by atoms with Gasteiger partial charge >= 0.3 is 0 Å². The number of anilines is 1. The molecule has 0 aliphatic heterocycles. The van der Waals surface area contributed by atoms with Gasteiger partial charge in [-0.25, -0.2) is 4.98 Å². The monoisotopic (exact) mass is 515 g/mol. The van der Waals surface area contributed by atoms with E-state index >= 15 is 0 Å². The first-order chi connectivity index (χ1) is 15.9. The van der Waals surface area contributed by atoms with E-state index in [9.17, 15) is 9.59 Å². The SMILES string of the molecule is Cc1ccc(-n2c(SCC(=O)Nc3ccc(Cl)c(Cl)c3)nc3sc4c(c3c2=O)CCC4)cc1. The molecule has 5 rings (SSSR count). The maximum absolute atomic E-state index is 13.6. The van der Waals surface area contributed by atoms with E-state index in [0.29, 0.717) is 20.9 Å². The Morgan fingerprint density at radius 2 is 1.94 bits per heavy atom. The van der Waals surface area contributed by atoms with Gasteiger partial charge in [0.2, 0.25) is 5.91 Å². The Balaban J connectivity index is 1.49. The standard InChI is InChI=1S/C24H19Cl2N3O2S2/c1-13-5-8-15(9-6-13)29-23(31)21-16-3-2-4-19(16)33-22(21)28-24(29)32-12-20(30)27-14-7-10-17(25)18(26)11-14/h5-11H,2-4,12H2,1H3,(H,27,30). The molecule has 0 bridgehead atoms. The molecule has 9 heteroatoms. The molecule has 168 valence electrons. The zero-order chi connectivity index (χ0) is 23.1. The minimum atomic E-state index is -0.225. The van der Waals surface area contributed by atoms with Crippen LogP contribution in [0.5, 0.6) is 0 Å². The number of carbonyl (C=O) groups is 1. The van der Waals surface area contributed by atoms with Gasteiger partial charge in [-0.05, 0) is 62.1 Å². The van der Waals surface area contributed by atoms with Crippen molar-refractivity contribution in [2.45, 2.75) is 31.3 Å². The number of fused-ring (bicyclic) bond motifs is 3. The molecule has 1 aliphatic rings. The van der Waals surface area contributed by atoms with Crippen molar-refractivity contribution in [2.75, 3.05) is 11.1 Å². The zero-order valence-electron chi connectivity index (χ0n) is 17.7. The number of nitrogens with zero attached hydrogens (tertiary/aromatic N) is 2. The summed E-state index contributed by atoms with van der Waals surface area (Å²) < 4.78 is 1.63. The third kappa shape index (κ3) is 4.43. The number of aryl methyl sites for hydroxylation is 3. The van der Waals surface area contributed by atoms with Crippen LogP contribution in [0.4, 0.5) is 5.69 Å². The van der Waals surface area contributed by atoms with Crippen LogP contribution in [0, 0.1) is 6.92 Å². The first-order valence-corrected chi connectivity index (χ1v) is 13.0. The summed E-state index contributed by atoms with van der Waals surface area (Å²) in [5.74, 6) is -0.133. The van der Waals surface area contributed by atoms with Crippen LogP contribution < -0.4 is 10.9 Å². The average molecular weight is 516 g/mol. The predicted octanol–water partition coefficient (Wildman–Crippen LogP) is 6.28. The summed E-state index contributed by atoms with van der Waals surface area (Å²) in [5, 5.41) is 4.83. The van der Waals surface area contributed by atoms with Crippen molar-refractivity contribution in [1.82, 2.24) is 9.55 Å². The summed E-state index contributed by atoms with van der Waals surface area (Å²) in [4.78, 5) is 33.1. The molecular formula is C24H19Cl2N3O2S2. The van der Waals surface area contributed by atoms with Gasteiger partial charge in [0.15, 0.2) is 5.16 Å². The van der Waals surface area contributed by atoms with Crippen LogP contribution >= 0.6 is 46.3 Å². The van der Waals surface area contributed by atoms with Gasteiger partial charge < -0.3 is 5.32 Å². The van der Waals surface area contributed by atoms with Gasteiger partial charge in [-0.2, -0.15) is 0 Å². The molecule has 2 aromatic carbocycles. The highest BCUT2D eigenvalue weighted by Crippen LogP contribution is 2.36. The second-order valence-corrected chi connectivity index (χ2v) is 10.7. The fourth-order valence-corrected chi connectivity index (χ4v) is 6.36. The van der Waals surface area contributed by atoms with Gasteiger partial charge in [-0.3, -0.25) is 14.2 Å². The van der Waals surface area contributed by atoms with E-state index in [1.54, 1.807) is 34.1 Å². The number of thioether (sulfide) groups is 1. The Labute approximate surface area is 208 Å². The van der Waals surface area contributed by atoms with E-state index in [2.05, 4.69) is 5.32 Å². The van der Waals surface area contributed by atoms with Gasteiger partial charge in [0.05, 0.1) is 26.9 Å². The maximum Gasteiger partial charge on any atom is 0.267 e. The molecule has 1 N–H and O–H groups in total. The molecule has 0 unspecified atom stereocenters. The van der Waals surface area contributed by atoms with Gasteiger partial charge in [0, 0.05) is 10.6 Å². The molecule has 5 nitrogen and oxygen atoms in total. The lowest BCUT2D eigenvalue weighted by atomic mass is 10.2. The van der Waals surface area contributed by atoms with Crippen LogP contribution in [-0.4, -0.2) is 21.2 Å². The van der Waals surface area contributed by atoms with E-state index in [-0.39, 0.29) is 17.2 Å². The predicted molar refractivity (Wildman–Crippen MR) is 138 cm³/mol. The van der Waals surface area contributed by atoms with Crippen LogP contribution in [0.2, 0.25) is 10.0 Å². The van der Waals surface area contributed by atoms with Crippen LogP contribution in [0.25, 0.3) is 15.9 Å². The van der Waals surface area contributed by atoms with E-state index in [1.165, 1.54) is 16.6 Å². The highest BCUT2D eigenvalue weighted by Gasteiger charge is 2.24. The van der Waals surface area contributed by atoms with Crippen molar-refractivity contribution in [1.29, 1.82) is 0 Å². The largest absolute Gasteiger partial charge is 0.325 e. The third-order valence-corrected chi connectivity index (χ3v) is 8.40. The van der Waals surface area contributed by atoms with E-state index in [4.69, 9.17) is 28.2 Å². The molecule has 0 saturated heterocycles. The normalized spacial score (nSPS) is 12.8. The Kier molecular flexibility index (Phi) is 6.22. The highest BCUT2D eigenvalue weighted by atomic mass is 35.5. The van der Waals surface area contributed by atoms with Gasteiger partial charge in [0.1, 0.15) is 4.83 Å². The number of amides is 1. The van der Waals surface area contributed by atoms with Crippen LogP contribution in [0.1, 0.15) is 22.4 Å². The maximum atomic E-state index is 13.6. The minimum absolute atomic E-state index is 0.0735. The number of thiophene rings is 1. The molecule has 2 heterocycles. The molecule has 33 heavy (non-hydrogen) atoms. The van der Waals surface area contributed by atoms with Crippen LogP contribution in [0.15, 0.2) is 52.4 Å². The Morgan fingerprint density at radius 1 is 1.15 bits per heavy atom. The van der Waals surface area contributed by atoms with Crippen molar-refractivity contribution >= 4 is 68.1 Å². The number of rotatable bonds is 5. The average Bonchev–Trinajstić information content (AvgIpc) is 3.37. The number of hydrogen-bond acceptors (Lipinski definition) is 5. The Morgan fingerprint density at radius 3 is 2.70 bits per heavy atom. The topological polar surface area (TPSA) is 64.0 Å². The second kappa shape index (κ2) is 9.14. The molecule has 0 radical (unpaired) electrons. The van der Waals surface area contributed by atoms with Gasteiger partial charge in [0.25, 0.3) is 5.56 Å². The zero-order valence-corrected chi connectivity index (χ0v) is 20.8. The summed E-state index contributed by atoms with van der Waals surface area (Å²) in [6, 6.07) is 12.7. The van der Waals surface area contributed by atoms with Crippen molar-refractivity contribution in [2.24, 2.45) is 0 Å². The lowest BCUT2D eigenvalue weighted by Crippen LogP contribution is -2.23. The number of carbonyl (C=O) groups excluding carboxylic acids is 1. The first kappa shape index (κ1) is 22.5. The third-order valence-electron chi connectivity index (χ3n) is 5.54. The van der Waals surface area contributed by atoms with Crippen molar-refractivity contribution in [3.05, 3.63) is 78.9 Å². The van der Waals surface area contributed by atoms with Gasteiger partial charge in [-0.1, -0.05) is 52.7 Å². The molecule has 1 amide bonds. The smallest absolute Gasteiger partial charge is 0.267 e. The molecule has 4 aromatic rings. The van der Waals surface area contributed by atoms with E-state index in [0.717, 1.165) is 46.3 Å². The first-order valence-electron chi connectivity index (χ1n) is 10.4. The van der Waals surface area contributed by atoms with Crippen molar-refractivity contribution in [3.8, 4) is 5.69 Å². The fraction of sp³-hybridized carbons (Fsp3) is 0.208. The minimum Gasteiger partial charge on any atom is -0.325 e. The second-order valence-electron chi connectivity index (χ2n) is 7.87. The van der Waals surface area contributed by atoms with Crippen LogP contribution in [-0.2, 0) is 17.6 Å². The van der Waals surface area contributed by atoms with E-state index in [1.807, 2.05) is 31.2 Å². The molecular weight excluding hydrogens is 497 g/mol. The molecule has 1 aliphatic carbocycles. The quantitative estimate of drug-likeness (QED) is 0.251. The molecule has 0 atom stereocenters. The highest BCUT2D eigenvalue weighted by molar-refractivity contribution is 7.99. The molecule has 2 aromatic heterocycles. The summed E-state index contributed by atoms with van der Waals surface area (Å²) in [5.41, 5.74) is 3.47. The van der Waals surface area contributed by atoms with Crippen molar-refractivity contribution in [3.63, 3.8) is 0 Å². The molecule has 0 saturated carbocycles. The number of hydrogen-bond donors (Lipinski definition) is 1. The number of benzene rings is 2. The van der Waals surface area contributed by atoms with Crippen molar-refractivity contribution < 1.29 is 4.79 Å². The fourth-order valence-electron chi connectivity index (χ4n) is 3.94. The molecule has 0 fully saturated rings. The summed E-state index contributed by atoms with van der Waals surface area (Å²) in [6.07, 6.45) is 2.99. The Hall–Kier alpha value is -2.32. The number of halogens is 2. The summed E-state index contributed by atoms with van der Waals surface area (Å²) in [7, 11) is 0. The van der Waals surface area contributed by atoms with E-state index < -0.39 is 0 Å². The van der Waals surface area contributed by atoms with Gasteiger partial charge in [-0.15, -0.1) is 11.3 Å². The van der Waals surface area contributed by atoms with Crippen LogP contribution in [0.3, 0.4) is 0 Å². The Bertz CT molecular complexity index is 1450. The lowest BCUT2D eigenvalue weighted by Gasteiger charge is -2.13. The summed E-state index contributed by atoms with van der Waals surface area (Å²) >= 11 is 14.8. The number of nitrogens with one attached hydrogen (secondary N) is 1.